The van der Waals surface area contributed by atoms with Crippen LogP contribution in [-0.4, -0.2) is 21.2 Å². The summed E-state index contributed by atoms with van der Waals surface area (Å²) in [4.78, 5) is 2.56. The number of rotatable bonds is 2. The quantitative estimate of drug-likeness (QED) is 0.347. The monoisotopic (exact) mass is 455 g/mol. The van der Waals surface area contributed by atoms with Crippen LogP contribution in [0.5, 0.6) is 0 Å². The summed E-state index contributed by atoms with van der Waals surface area (Å²) in [5, 5.41) is 4.62. The van der Waals surface area contributed by atoms with E-state index in [1.807, 2.05) is 0 Å². The fraction of sp³-hybridized carbons (Fsp3) is 0.188. The van der Waals surface area contributed by atoms with Crippen LogP contribution in [0.2, 0.25) is 13.1 Å². The zero-order valence-electron chi connectivity index (χ0n) is 20.3. The third-order valence-electron chi connectivity index (χ3n) is 8.51. The predicted molar refractivity (Wildman–Crippen MR) is 146 cm³/mol. The van der Waals surface area contributed by atoms with E-state index in [1.165, 1.54) is 55.1 Å². The van der Waals surface area contributed by atoms with Gasteiger partial charge in [0.05, 0.1) is 14.1 Å². The second-order valence-electron chi connectivity index (χ2n) is 10.7. The molecule has 0 bridgehead atoms. The Hall–Kier alpha value is -3.36. The highest BCUT2D eigenvalue weighted by atomic mass is 28.3. The molecule has 34 heavy (non-hydrogen) atoms. The molecule has 1 atom stereocenters. The molecular formula is C32H29NSi. The lowest BCUT2D eigenvalue weighted by Crippen LogP contribution is -2.47. The number of nitrogens with zero attached hydrogens (tertiary/aromatic N) is 1. The summed E-state index contributed by atoms with van der Waals surface area (Å²) in [6, 6.07) is 34.8. The first kappa shape index (κ1) is 20.0. The summed E-state index contributed by atoms with van der Waals surface area (Å²) in [5.41, 5.74) is 12.0. The molecule has 1 aliphatic heterocycles. The van der Waals surface area contributed by atoms with Gasteiger partial charge >= 0.3 is 0 Å². The summed E-state index contributed by atoms with van der Waals surface area (Å²) in [6.45, 7) is 7.45. The molecule has 3 aliphatic rings. The summed E-state index contributed by atoms with van der Waals surface area (Å²) in [5.74, 6) is 0. The molecule has 0 saturated carbocycles. The van der Waals surface area contributed by atoms with Gasteiger partial charge in [-0.3, -0.25) is 0 Å². The van der Waals surface area contributed by atoms with Gasteiger partial charge in [-0.2, -0.15) is 0 Å². The predicted octanol–water partition coefficient (Wildman–Crippen LogP) is 5.78. The molecule has 1 nitrogen and oxygen atoms in total. The molecule has 0 N–H and O–H groups in total. The normalized spacial score (nSPS) is 18.0. The highest BCUT2D eigenvalue weighted by Crippen LogP contribution is 2.53. The lowest BCUT2D eigenvalue weighted by Gasteiger charge is -2.38. The van der Waals surface area contributed by atoms with Crippen LogP contribution in [0, 0.1) is 6.92 Å². The highest BCUT2D eigenvalue weighted by molar-refractivity contribution is 6.95. The van der Waals surface area contributed by atoms with Crippen molar-refractivity contribution >= 4 is 24.5 Å². The Morgan fingerprint density at radius 1 is 0.676 bits per heavy atom. The van der Waals surface area contributed by atoms with Crippen LogP contribution >= 0.6 is 0 Å². The first-order valence-corrected chi connectivity index (χ1v) is 15.4. The first-order valence-electron chi connectivity index (χ1n) is 12.3. The van der Waals surface area contributed by atoms with E-state index < -0.39 is 8.07 Å². The molecule has 1 heterocycles. The van der Waals surface area contributed by atoms with Crippen LogP contribution in [0.1, 0.15) is 27.8 Å². The highest BCUT2D eigenvalue weighted by Gasteiger charge is 2.50. The number of hydrogen-bond donors (Lipinski definition) is 0. The van der Waals surface area contributed by atoms with Crippen molar-refractivity contribution in [3.63, 3.8) is 0 Å². The van der Waals surface area contributed by atoms with Crippen molar-refractivity contribution in [1.29, 1.82) is 0 Å². The molecule has 166 valence electrons. The SMILES string of the molecule is Cc1ccc2c(c1)C1=c3ccccc3=C([Si](C)(C)C3c4ccccc4-c4ccccc43)C1N2C. The third kappa shape index (κ3) is 2.44. The minimum Gasteiger partial charge on any atom is -0.364 e. The van der Waals surface area contributed by atoms with E-state index in [-0.39, 0.29) is 0 Å². The number of fused-ring (bicyclic) bond motifs is 7. The van der Waals surface area contributed by atoms with Crippen molar-refractivity contribution in [3.05, 3.63) is 124 Å². The van der Waals surface area contributed by atoms with E-state index in [9.17, 15) is 0 Å². The van der Waals surface area contributed by atoms with E-state index >= 15 is 0 Å². The van der Waals surface area contributed by atoms with Gasteiger partial charge < -0.3 is 4.90 Å². The number of aryl methyl sites for hydroxylation is 1. The number of anilines is 1. The van der Waals surface area contributed by atoms with E-state index in [2.05, 4.69) is 123 Å². The fourth-order valence-electron chi connectivity index (χ4n) is 7.17. The summed E-state index contributed by atoms with van der Waals surface area (Å²) >= 11 is 0. The smallest absolute Gasteiger partial charge is 0.0916 e. The van der Waals surface area contributed by atoms with Gasteiger partial charge in [-0.1, -0.05) is 97.5 Å². The van der Waals surface area contributed by atoms with Crippen molar-refractivity contribution in [2.24, 2.45) is 0 Å². The lowest BCUT2D eigenvalue weighted by atomic mass is 10.0. The lowest BCUT2D eigenvalue weighted by molar-refractivity contribution is 0.967. The molecular weight excluding hydrogens is 426 g/mol. The largest absolute Gasteiger partial charge is 0.364 e. The van der Waals surface area contributed by atoms with Crippen molar-refractivity contribution < 1.29 is 0 Å². The average molecular weight is 456 g/mol. The molecule has 2 aliphatic carbocycles. The van der Waals surface area contributed by atoms with Crippen molar-refractivity contribution in [2.45, 2.75) is 31.6 Å². The topological polar surface area (TPSA) is 3.24 Å². The molecule has 2 heteroatoms. The first-order chi connectivity index (χ1) is 16.5. The number of likely N-dealkylation sites (N-methyl/N-ethyl adjacent to an activating group) is 1. The molecule has 0 amide bonds. The summed E-state index contributed by atoms with van der Waals surface area (Å²) in [6.07, 6.45) is 0. The van der Waals surface area contributed by atoms with Gasteiger partial charge in [0.25, 0.3) is 0 Å². The van der Waals surface area contributed by atoms with E-state index in [1.54, 1.807) is 5.20 Å². The minimum absolute atomic E-state index is 0.329. The van der Waals surface area contributed by atoms with Gasteiger partial charge in [-0.15, -0.1) is 0 Å². The van der Waals surface area contributed by atoms with Gasteiger partial charge in [0.15, 0.2) is 0 Å². The Balaban J connectivity index is 1.52. The van der Waals surface area contributed by atoms with Crippen LogP contribution < -0.4 is 15.3 Å². The Labute approximate surface area is 202 Å². The Morgan fingerprint density at radius 3 is 1.94 bits per heavy atom. The summed E-state index contributed by atoms with van der Waals surface area (Å²) < 4.78 is 0. The molecule has 0 spiro atoms. The van der Waals surface area contributed by atoms with Gasteiger partial charge in [0.2, 0.25) is 0 Å². The zero-order valence-corrected chi connectivity index (χ0v) is 21.3. The minimum atomic E-state index is -2.02. The molecule has 0 fully saturated rings. The second kappa shape index (κ2) is 6.83. The van der Waals surface area contributed by atoms with Gasteiger partial charge in [0, 0.05) is 23.8 Å². The van der Waals surface area contributed by atoms with Crippen molar-refractivity contribution in [2.75, 3.05) is 11.9 Å². The second-order valence-corrected chi connectivity index (χ2v) is 15.3. The Bertz CT molecular complexity index is 1580. The molecule has 0 radical (unpaired) electrons. The van der Waals surface area contributed by atoms with E-state index in [0.29, 0.717) is 11.6 Å². The molecule has 1 unspecified atom stereocenters. The molecule has 7 rings (SSSR count). The third-order valence-corrected chi connectivity index (χ3v) is 12.5. The maximum absolute atomic E-state index is 2.62. The van der Waals surface area contributed by atoms with E-state index in [0.717, 1.165) is 0 Å². The van der Waals surface area contributed by atoms with Crippen molar-refractivity contribution in [1.82, 2.24) is 0 Å². The standard InChI is InChI=1S/C32H29NSi/c1-20-17-18-28-27(19-20)29-23-13-7-10-16-26(23)32(30(29)33(28)2)34(3,4)31-24-14-8-5-11-21(24)22-12-6-9-15-25(22)31/h5-19,30-31H,1-4H3. The van der Waals surface area contributed by atoms with Gasteiger partial charge in [-0.05, 0) is 62.5 Å². The maximum Gasteiger partial charge on any atom is 0.0916 e. The fourth-order valence-corrected chi connectivity index (χ4v) is 11.5. The maximum atomic E-state index is 2.62. The average Bonchev–Trinajstić information content (AvgIpc) is 3.46. The van der Waals surface area contributed by atoms with Gasteiger partial charge in [-0.25, -0.2) is 0 Å². The van der Waals surface area contributed by atoms with Crippen molar-refractivity contribution in [3.8, 4) is 11.1 Å². The van der Waals surface area contributed by atoms with E-state index in [4.69, 9.17) is 0 Å². The molecule has 0 saturated heterocycles. The van der Waals surface area contributed by atoms with Crippen LogP contribution in [0.4, 0.5) is 5.69 Å². The van der Waals surface area contributed by atoms with Crippen LogP contribution in [0.3, 0.4) is 0 Å². The van der Waals surface area contributed by atoms with Crippen LogP contribution in [-0.2, 0) is 0 Å². The number of hydrogen-bond acceptors (Lipinski definition) is 1. The summed E-state index contributed by atoms with van der Waals surface area (Å²) in [7, 11) is 0.287. The Morgan fingerprint density at radius 2 is 1.26 bits per heavy atom. The molecule has 4 aromatic rings. The zero-order chi connectivity index (χ0) is 23.2. The number of benzene rings is 4. The van der Waals surface area contributed by atoms with Gasteiger partial charge in [0.1, 0.15) is 0 Å². The van der Waals surface area contributed by atoms with Crippen LogP contribution in [0.15, 0.2) is 91.0 Å². The molecule has 4 aromatic carbocycles. The molecule has 0 aromatic heterocycles. The van der Waals surface area contributed by atoms with Crippen LogP contribution in [0.25, 0.3) is 21.9 Å². The Kier molecular flexibility index (Phi) is 4.03.